The summed E-state index contributed by atoms with van der Waals surface area (Å²) in [4.78, 5) is 11.3. The van der Waals surface area contributed by atoms with Crippen LogP contribution in [0.3, 0.4) is 0 Å². The van der Waals surface area contributed by atoms with Crippen LogP contribution in [0.2, 0.25) is 0 Å². The number of aromatic nitrogens is 4. The summed E-state index contributed by atoms with van der Waals surface area (Å²) < 4.78 is 1.74. The quantitative estimate of drug-likeness (QED) is 0.699. The summed E-state index contributed by atoms with van der Waals surface area (Å²) in [6.07, 6.45) is 2.82. The summed E-state index contributed by atoms with van der Waals surface area (Å²) in [5.74, 6) is 0. The molecule has 1 N–H and O–H groups in total. The second-order valence-corrected chi connectivity index (χ2v) is 3.18. The van der Waals surface area contributed by atoms with Crippen LogP contribution in [0.1, 0.15) is 19.9 Å². The zero-order valence-corrected chi connectivity index (χ0v) is 7.48. The Morgan fingerprint density at radius 1 is 1.46 bits per heavy atom. The van der Waals surface area contributed by atoms with Crippen LogP contribution in [0, 0.1) is 0 Å². The molecular formula is C8H10N4O. The lowest BCUT2D eigenvalue weighted by Gasteiger charge is -2.05. The summed E-state index contributed by atoms with van der Waals surface area (Å²) in [5.41, 5.74) is 0.586. The minimum absolute atomic E-state index is 0.0966. The van der Waals surface area contributed by atoms with E-state index >= 15 is 0 Å². The van der Waals surface area contributed by atoms with Crippen LogP contribution < -0.4 is 5.43 Å². The minimum atomic E-state index is -0.0966. The highest BCUT2D eigenvalue weighted by Crippen LogP contribution is 2.10. The van der Waals surface area contributed by atoms with Crippen molar-refractivity contribution in [1.82, 2.24) is 20.0 Å². The highest BCUT2D eigenvalue weighted by atomic mass is 16.1. The third-order valence-corrected chi connectivity index (χ3v) is 1.90. The van der Waals surface area contributed by atoms with Gasteiger partial charge in [0.25, 0.3) is 0 Å². The van der Waals surface area contributed by atoms with Crippen LogP contribution in [-0.2, 0) is 0 Å². The van der Waals surface area contributed by atoms with E-state index in [0.29, 0.717) is 11.0 Å². The van der Waals surface area contributed by atoms with Gasteiger partial charge in [0, 0.05) is 6.04 Å². The lowest BCUT2D eigenvalue weighted by Crippen LogP contribution is -2.07. The van der Waals surface area contributed by atoms with Crippen molar-refractivity contribution < 1.29 is 0 Å². The summed E-state index contributed by atoms with van der Waals surface area (Å²) >= 11 is 0. The van der Waals surface area contributed by atoms with Gasteiger partial charge in [0.15, 0.2) is 5.65 Å². The Morgan fingerprint density at radius 3 is 2.92 bits per heavy atom. The molecule has 0 aromatic carbocycles. The molecule has 0 aliphatic rings. The molecule has 0 aliphatic heterocycles. The number of aromatic amines is 1. The van der Waals surface area contributed by atoms with Crippen molar-refractivity contribution in [1.29, 1.82) is 0 Å². The maximum absolute atomic E-state index is 11.3. The van der Waals surface area contributed by atoms with Gasteiger partial charge in [-0.25, -0.2) is 4.68 Å². The van der Waals surface area contributed by atoms with E-state index in [9.17, 15) is 4.79 Å². The van der Waals surface area contributed by atoms with E-state index in [0.717, 1.165) is 0 Å². The standard InChI is InChI=1S/C8H10N4O/c1-5(2)12-8-6(3-10-12)7(13)4-9-11-8/h3-5H,1-2H3,(H,11,13). The lowest BCUT2D eigenvalue weighted by molar-refractivity contribution is 0.544. The van der Waals surface area contributed by atoms with Crippen LogP contribution in [0.5, 0.6) is 0 Å². The number of rotatable bonds is 1. The Hall–Kier alpha value is -1.65. The second kappa shape index (κ2) is 2.69. The molecule has 5 nitrogen and oxygen atoms in total. The van der Waals surface area contributed by atoms with Gasteiger partial charge >= 0.3 is 0 Å². The normalized spacial score (nSPS) is 11.3. The zero-order chi connectivity index (χ0) is 9.42. The van der Waals surface area contributed by atoms with Gasteiger partial charge in [0.05, 0.1) is 17.8 Å². The van der Waals surface area contributed by atoms with Crippen molar-refractivity contribution in [3.63, 3.8) is 0 Å². The van der Waals surface area contributed by atoms with E-state index in [4.69, 9.17) is 0 Å². The lowest BCUT2D eigenvalue weighted by atomic mass is 10.3. The molecule has 0 saturated carbocycles. The third-order valence-electron chi connectivity index (χ3n) is 1.90. The first-order valence-corrected chi connectivity index (χ1v) is 4.11. The van der Waals surface area contributed by atoms with Gasteiger partial charge in [-0.2, -0.15) is 10.2 Å². The highest BCUT2D eigenvalue weighted by Gasteiger charge is 2.07. The number of fused-ring (bicyclic) bond motifs is 1. The molecule has 0 spiro atoms. The van der Waals surface area contributed by atoms with Crippen molar-refractivity contribution >= 4 is 11.0 Å². The summed E-state index contributed by atoms with van der Waals surface area (Å²) in [7, 11) is 0. The first-order chi connectivity index (χ1) is 6.20. The Kier molecular flexibility index (Phi) is 1.65. The van der Waals surface area contributed by atoms with Gasteiger partial charge in [-0.3, -0.25) is 9.89 Å². The summed E-state index contributed by atoms with van der Waals surface area (Å²) in [5, 5.41) is 11.2. The molecule has 68 valence electrons. The summed E-state index contributed by atoms with van der Waals surface area (Å²) in [6.45, 7) is 4.00. The van der Waals surface area contributed by atoms with E-state index in [-0.39, 0.29) is 11.5 Å². The van der Waals surface area contributed by atoms with Crippen molar-refractivity contribution in [2.24, 2.45) is 0 Å². The third kappa shape index (κ3) is 1.12. The molecule has 0 bridgehead atoms. The maximum Gasteiger partial charge on any atom is 0.211 e. The van der Waals surface area contributed by atoms with Gasteiger partial charge in [-0.1, -0.05) is 0 Å². The minimum Gasteiger partial charge on any atom is -0.287 e. The van der Waals surface area contributed by atoms with Crippen LogP contribution in [0.4, 0.5) is 0 Å². The van der Waals surface area contributed by atoms with Gasteiger partial charge in [-0.05, 0) is 13.8 Å². The number of hydrogen-bond acceptors (Lipinski definition) is 3. The number of hydrogen-bond donors (Lipinski definition) is 1. The number of H-pyrrole nitrogens is 1. The van der Waals surface area contributed by atoms with E-state index < -0.39 is 0 Å². The van der Waals surface area contributed by atoms with Crippen molar-refractivity contribution in [2.45, 2.75) is 19.9 Å². The molecule has 0 radical (unpaired) electrons. The average Bonchev–Trinajstić information content (AvgIpc) is 2.48. The Labute approximate surface area is 74.4 Å². The number of nitrogens with one attached hydrogen (secondary N) is 1. The Morgan fingerprint density at radius 2 is 2.23 bits per heavy atom. The fourth-order valence-electron chi connectivity index (χ4n) is 1.27. The van der Waals surface area contributed by atoms with E-state index in [1.807, 2.05) is 13.8 Å². The molecule has 0 amide bonds. The van der Waals surface area contributed by atoms with Crippen molar-refractivity contribution in [3.8, 4) is 0 Å². The van der Waals surface area contributed by atoms with Crippen molar-refractivity contribution in [2.75, 3.05) is 0 Å². The second-order valence-electron chi connectivity index (χ2n) is 3.18. The van der Waals surface area contributed by atoms with E-state index in [2.05, 4.69) is 15.3 Å². The molecule has 0 atom stereocenters. The first kappa shape index (κ1) is 7.97. The Bertz CT molecular complexity index is 482. The fourth-order valence-corrected chi connectivity index (χ4v) is 1.27. The molecule has 2 heterocycles. The molecule has 0 unspecified atom stereocenters. The van der Waals surface area contributed by atoms with E-state index in [1.54, 1.807) is 10.9 Å². The van der Waals surface area contributed by atoms with Crippen LogP contribution >= 0.6 is 0 Å². The van der Waals surface area contributed by atoms with Crippen LogP contribution in [-0.4, -0.2) is 20.0 Å². The molecular weight excluding hydrogens is 168 g/mol. The molecule has 2 rings (SSSR count). The predicted octanol–water partition coefficient (Wildman–Crippen LogP) is 0.700. The molecule has 2 aromatic heterocycles. The molecule has 0 aliphatic carbocycles. The Balaban J connectivity index is 2.83. The first-order valence-electron chi connectivity index (χ1n) is 4.11. The van der Waals surface area contributed by atoms with E-state index in [1.165, 1.54) is 6.20 Å². The highest BCUT2D eigenvalue weighted by molar-refractivity contribution is 5.73. The monoisotopic (exact) mass is 178 g/mol. The van der Waals surface area contributed by atoms with Gasteiger partial charge in [0.1, 0.15) is 0 Å². The zero-order valence-electron chi connectivity index (χ0n) is 7.48. The molecule has 0 fully saturated rings. The molecule has 5 heteroatoms. The smallest absolute Gasteiger partial charge is 0.211 e. The number of nitrogens with zero attached hydrogens (tertiary/aromatic N) is 3. The SMILES string of the molecule is CC(C)n1ncc2c(=O)cn[nH]c21. The van der Waals surface area contributed by atoms with Gasteiger partial charge in [-0.15, -0.1) is 0 Å². The molecule has 13 heavy (non-hydrogen) atoms. The van der Waals surface area contributed by atoms with Crippen molar-refractivity contribution in [3.05, 3.63) is 22.6 Å². The topological polar surface area (TPSA) is 63.6 Å². The fraction of sp³-hybridized carbons (Fsp3) is 0.375. The maximum atomic E-state index is 11.3. The average molecular weight is 178 g/mol. The molecule has 2 aromatic rings. The molecule has 0 saturated heterocycles. The summed E-state index contributed by atoms with van der Waals surface area (Å²) in [6, 6.07) is 0.220. The largest absolute Gasteiger partial charge is 0.287 e. The van der Waals surface area contributed by atoms with Gasteiger partial charge < -0.3 is 0 Å². The van der Waals surface area contributed by atoms with Crippen LogP contribution in [0.15, 0.2) is 17.2 Å². The predicted molar refractivity (Wildman–Crippen MR) is 48.5 cm³/mol. The van der Waals surface area contributed by atoms with Crippen LogP contribution in [0.25, 0.3) is 11.0 Å². The van der Waals surface area contributed by atoms with Gasteiger partial charge in [0.2, 0.25) is 5.43 Å².